The molecule has 1 aliphatic rings. The van der Waals surface area contributed by atoms with E-state index in [1.165, 1.54) is 0 Å². The van der Waals surface area contributed by atoms with Crippen LogP contribution >= 0.6 is 0 Å². The van der Waals surface area contributed by atoms with Gasteiger partial charge >= 0.3 is 5.97 Å². The van der Waals surface area contributed by atoms with Gasteiger partial charge in [0.15, 0.2) is 11.5 Å². The van der Waals surface area contributed by atoms with Gasteiger partial charge in [-0.05, 0) is 68.2 Å². The lowest BCUT2D eigenvalue weighted by Crippen LogP contribution is -2.39. The largest absolute Gasteiger partial charge is 0.497 e. The number of carboxylic acids is 1. The van der Waals surface area contributed by atoms with E-state index in [4.69, 9.17) is 14.2 Å². The number of aliphatic carboxylic acids is 1. The molecule has 1 saturated heterocycles. The van der Waals surface area contributed by atoms with Gasteiger partial charge in [0.05, 0.1) is 32.8 Å². The molecule has 156 valence electrons. The molecule has 0 aliphatic carbocycles. The summed E-state index contributed by atoms with van der Waals surface area (Å²) < 4.78 is 16.5. The fourth-order valence-electron chi connectivity index (χ4n) is 3.93. The van der Waals surface area contributed by atoms with E-state index in [2.05, 4.69) is 23.1 Å². The quantitative estimate of drug-likeness (QED) is 0.724. The van der Waals surface area contributed by atoms with Crippen LogP contribution in [0.2, 0.25) is 0 Å². The third kappa shape index (κ3) is 4.82. The molecular formula is C23H29NO5. The molecule has 0 saturated carbocycles. The van der Waals surface area contributed by atoms with Crippen LogP contribution in [0.5, 0.6) is 17.2 Å². The number of likely N-dealkylation sites (tertiary alicyclic amines) is 1. The minimum Gasteiger partial charge on any atom is -0.497 e. The van der Waals surface area contributed by atoms with E-state index < -0.39 is 5.97 Å². The molecule has 1 heterocycles. The molecular weight excluding hydrogens is 370 g/mol. The van der Waals surface area contributed by atoms with Crippen molar-refractivity contribution in [2.75, 3.05) is 33.9 Å². The zero-order chi connectivity index (χ0) is 20.8. The van der Waals surface area contributed by atoms with Gasteiger partial charge in [-0.15, -0.1) is 0 Å². The van der Waals surface area contributed by atoms with Gasteiger partial charge < -0.3 is 19.3 Å². The maximum Gasteiger partial charge on any atom is 0.306 e. The number of nitrogens with zero attached hydrogens (tertiary/aromatic N) is 1. The number of hydrogen-bond acceptors (Lipinski definition) is 5. The highest BCUT2D eigenvalue weighted by Gasteiger charge is 2.30. The normalized spacial score (nSPS) is 16.2. The lowest BCUT2D eigenvalue weighted by Gasteiger charge is -2.37. The number of piperidine rings is 1. The summed E-state index contributed by atoms with van der Waals surface area (Å²) in [6.45, 7) is 3.97. The standard InChI is InChI=1S/C23H29NO5/c1-4-29-20-10-7-18(15-21(20)28-3)22(16-5-8-19(27-2)9-6-16)24-13-11-17(12-14-24)23(25)26/h5-10,15,17,22H,4,11-14H2,1-3H3,(H,25,26). The zero-order valence-corrected chi connectivity index (χ0v) is 17.3. The smallest absolute Gasteiger partial charge is 0.306 e. The first-order chi connectivity index (χ1) is 14.1. The first-order valence-electron chi connectivity index (χ1n) is 9.98. The van der Waals surface area contributed by atoms with Gasteiger partial charge in [0.1, 0.15) is 5.75 Å². The Bertz CT molecular complexity index is 813. The lowest BCUT2D eigenvalue weighted by atomic mass is 9.91. The topological polar surface area (TPSA) is 68.2 Å². The Hall–Kier alpha value is -2.73. The monoisotopic (exact) mass is 399 g/mol. The summed E-state index contributed by atoms with van der Waals surface area (Å²) in [5.41, 5.74) is 2.22. The third-order valence-electron chi connectivity index (χ3n) is 5.48. The molecule has 2 aromatic carbocycles. The third-order valence-corrected chi connectivity index (χ3v) is 5.48. The molecule has 6 nitrogen and oxygen atoms in total. The van der Waals surface area contributed by atoms with Crippen molar-refractivity contribution in [1.82, 2.24) is 4.90 Å². The Labute approximate surface area is 172 Å². The van der Waals surface area contributed by atoms with Crippen molar-refractivity contribution < 1.29 is 24.1 Å². The van der Waals surface area contributed by atoms with Gasteiger partial charge in [0, 0.05) is 0 Å². The van der Waals surface area contributed by atoms with E-state index in [-0.39, 0.29) is 12.0 Å². The molecule has 6 heteroatoms. The fraction of sp³-hybridized carbons (Fsp3) is 0.435. The molecule has 3 rings (SSSR count). The molecule has 1 N–H and O–H groups in total. The van der Waals surface area contributed by atoms with Gasteiger partial charge in [-0.3, -0.25) is 9.69 Å². The number of benzene rings is 2. The van der Waals surface area contributed by atoms with Crippen LogP contribution in [0.1, 0.15) is 36.9 Å². The van der Waals surface area contributed by atoms with Gasteiger partial charge in [0.2, 0.25) is 0 Å². The van der Waals surface area contributed by atoms with Crippen LogP contribution in [-0.4, -0.2) is 49.9 Å². The minimum absolute atomic E-state index is 0.000211. The SMILES string of the molecule is CCOc1ccc(C(c2ccc(OC)cc2)N2CCC(C(=O)O)CC2)cc1OC. The predicted octanol–water partition coefficient (Wildman–Crippen LogP) is 3.99. The molecule has 1 aliphatic heterocycles. The summed E-state index contributed by atoms with van der Waals surface area (Å²) in [4.78, 5) is 13.7. The molecule has 0 amide bonds. The lowest BCUT2D eigenvalue weighted by molar-refractivity contribution is -0.143. The molecule has 1 atom stereocenters. The van der Waals surface area contributed by atoms with E-state index >= 15 is 0 Å². The fourth-order valence-corrected chi connectivity index (χ4v) is 3.93. The molecule has 0 bridgehead atoms. The molecule has 29 heavy (non-hydrogen) atoms. The summed E-state index contributed by atoms with van der Waals surface area (Å²) in [5.74, 6) is 1.26. The van der Waals surface area contributed by atoms with Gasteiger partial charge in [0.25, 0.3) is 0 Å². The number of hydrogen-bond donors (Lipinski definition) is 1. The number of carbonyl (C=O) groups is 1. The Morgan fingerprint density at radius 2 is 1.69 bits per heavy atom. The van der Waals surface area contributed by atoms with Crippen molar-refractivity contribution >= 4 is 5.97 Å². The molecule has 0 spiro atoms. The second-order valence-corrected chi connectivity index (χ2v) is 7.17. The summed E-state index contributed by atoms with van der Waals surface area (Å²) in [6, 6.07) is 14.1. The summed E-state index contributed by atoms with van der Waals surface area (Å²) in [7, 11) is 3.29. The second-order valence-electron chi connectivity index (χ2n) is 7.17. The highest BCUT2D eigenvalue weighted by molar-refractivity contribution is 5.70. The highest BCUT2D eigenvalue weighted by atomic mass is 16.5. The van der Waals surface area contributed by atoms with E-state index in [9.17, 15) is 9.90 Å². The first kappa shape index (κ1) is 21.0. The Morgan fingerprint density at radius 1 is 1.03 bits per heavy atom. The molecule has 1 fully saturated rings. The van der Waals surface area contributed by atoms with Crippen molar-refractivity contribution in [2.45, 2.75) is 25.8 Å². The summed E-state index contributed by atoms with van der Waals surface area (Å²) in [5, 5.41) is 9.34. The van der Waals surface area contributed by atoms with Crippen molar-refractivity contribution in [3.8, 4) is 17.2 Å². The van der Waals surface area contributed by atoms with Crippen LogP contribution in [0.25, 0.3) is 0 Å². The van der Waals surface area contributed by atoms with Gasteiger partial charge in [-0.2, -0.15) is 0 Å². The zero-order valence-electron chi connectivity index (χ0n) is 17.3. The molecule has 0 radical (unpaired) electrons. The maximum absolute atomic E-state index is 11.4. The van der Waals surface area contributed by atoms with Crippen LogP contribution in [0.4, 0.5) is 0 Å². The maximum atomic E-state index is 11.4. The molecule has 0 aromatic heterocycles. The minimum atomic E-state index is -0.701. The van der Waals surface area contributed by atoms with Crippen LogP contribution < -0.4 is 14.2 Å². The van der Waals surface area contributed by atoms with Crippen molar-refractivity contribution in [3.63, 3.8) is 0 Å². The highest BCUT2D eigenvalue weighted by Crippen LogP contribution is 2.37. The van der Waals surface area contributed by atoms with Gasteiger partial charge in [-0.25, -0.2) is 0 Å². The van der Waals surface area contributed by atoms with Crippen molar-refractivity contribution in [2.24, 2.45) is 5.92 Å². The van der Waals surface area contributed by atoms with E-state index in [0.29, 0.717) is 25.2 Å². The number of rotatable bonds is 8. The molecule has 1 unspecified atom stereocenters. The Morgan fingerprint density at radius 3 is 2.24 bits per heavy atom. The number of methoxy groups -OCH3 is 2. The molecule has 2 aromatic rings. The van der Waals surface area contributed by atoms with E-state index in [1.807, 2.05) is 31.2 Å². The Kier molecular flexibility index (Phi) is 6.99. The second kappa shape index (κ2) is 9.65. The Balaban J connectivity index is 1.95. The number of carboxylic acid groups (broad SMARTS) is 1. The van der Waals surface area contributed by atoms with Crippen LogP contribution in [0, 0.1) is 5.92 Å². The van der Waals surface area contributed by atoms with E-state index in [1.54, 1.807) is 14.2 Å². The average Bonchev–Trinajstić information content (AvgIpc) is 2.76. The number of ether oxygens (including phenoxy) is 3. The summed E-state index contributed by atoms with van der Waals surface area (Å²) in [6.07, 6.45) is 1.30. The predicted molar refractivity (Wildman–Crippen MR) is 111 cm³/mol. The average molecular weight is 399 g/mol. The first-order valence-corrected chi connectivity index (χ1v) is 9.98. The van der Waals surface area contributed by atoms with Crippen LogP contribution in [0.15, 0.2) is 42.5 Å². The van der Waals surface area contributed by atoms with Gasteiger partial charge in [-0.1, -0.05) is 18.2 Å². The summed E-state index contributed by atoms with van der Waals surface area (Å²) >= 11 is 0. The van der Waals surface area contributed by atoms with Crippen LogP contribution in [0.3, 0.4) is 0 Å². The van der Waals surface area contributed by atoms with Crippen molar-refractivity contribution in [1.29, 1.82) is 0 Å². The van der Waals surface area contributed by atoms with E-state index in [0.717, 1.165) is 35.7 Å². The van der Waals surface area contributed by atoms with Crippen molar-refractivity contribution in [3.05, 3.63) is 53.6 Å². The van der Waals surface area contributed by atoms with Crippen LogP contribution in [-0.2, 0) is 4.79 Å².